The van der Waals surface area contributed by atoms with Crippen molar-refractivity contribution in [2.75, 3.05) is 26.2 Å². The molecule has 0 spiro atoms. The monoisotopic (exact) mass is 464 g/mol. The summed E-state index contributed by atoms with van der Waals surface area (Å²) in [4.78, 5) is 34.1. The molecule has 7 heteroatoms. The highest BCUT2D eigenvalue weighted by Gasteiger charge is 2.31. The standard InChI is InChI=1S/C27H33FN4O2/c1-5-8-24(27(34)31-13-11-30(12-14-31)20(4)33)32-25-16-19(3)18(2)15-23(25)29-26(32)17-21-9-6-7-10-22(21)28/h6-7,9-10,15-16,24H,5,8,11-14,17H2,1-4H3. The molecule has 0 radical (unpaired) electrons. The van der Waals surface area contributed by atoms with Gasteiger partial charge in [-0.05, 0) is 55.2 Å². The van der Waals surface area contributed by atoms with E-state index in [4.69, 9.17) is 4.98 Å². The Labute approximate surface area is 200 Å². The fourth-order valence-electron chi connectivity index (χ4n) is 4.77. The fraction of sp³-hybridized carbons (Fsp3) is 0.444. The number of hydrogen-bond acceptors (Lipinski definition) is 3. The molecule has 34 heavy (non-hydrogen) atoms. The molecule has 3 aromatic rings. The smallest absolute Gasteiger partial charge is 0.245 e. The first-order valence-electron chi connectivity index (χ1n) is 12.1. The van der Waals surface area contributed by atoms with E-state index in [0.29, 0.717) is 50.4 Å². The van der Waals surface area contributed by atoms with Crippen LogP contribution in [0, 0.1) is 19.7 Å². The van der Waals surface area contributed by atoms with E-state index >= 15 is 0 Å². The first-order chi connectivity index (χ1) is 16.3. The zero-order chi connectivity index (χ0) is 24.4. The molecule has 6 nitrogen and oxygen atoms in total. The fourth-order valence-corrected chi connectivity index (χ4v) is 4.77. The Morgan fingerprint density at radius 1 is 1.03 bits per heavy atom. The van der Waals surface area contributed by atoms with Gasteiger partial charge < -0.3 is 14.4 Å². The minimum Gasteiger partial charge on any atom is -0.339 e. The molecule has 2 amide bonds. The number of imidazole rings is 1. The van der Waals surface area contributed by atoms with Gasteiger partial charge in [0.05, 0.1) is 11.0 Å². The third kappa shape index (κ3) is 4.69. The maximum Gasteiger partial charge on any atom is 0.245 e. The van der Waals surface area contributed by atoms with Crippen molar-refractivity contribution in [1.82, 2.24) is 19.4 Å². The Morgan fingerprint density at radius 3 is 2.32 bits per heavy atom. The highest BCUT2D eigenvalue weighted by atomic mass is 19.1. The number of carbonyl (C=O) groups excluding carboxylic acids is 2. The van der Waals surface area contributed by atoms with Crippen LogP contribution in [0.4, 0.5) is 4.39 Å². The lowest BCUT2D eigenvalue weighted by Crippen LogP contribution is -2.51. The van der Waals surface area contributed by atoms with Crippen molar-refractivity contribution in [3.05, 3.63) is 64.7 Å². The second-order valence-corrected chi connectivity index (χ2v) is 9.23. The topological polar surface area (TPSA) is 58.4 Å². The van der Waals surface area contributed by atoms with Gasteiger partial charge in [-0.25, -0.2) is 9.37 Å². The quantitative estimate of drug-likeness (QED) is 0.543. The summed E-state index contributed by atoms with van der Waals surface area (Å²) >= 11 is 0. The van der Waals surface area contributed by atoms with E-state index in [2.05, 4.69) is 19.9 Å². The van der Waals surface area contributed by atoms with Crippen LogP contribution >= 0.6 is 0 Å². The van der Waals surface area contributed by atoms with Crippen LogP contribution in [-0.2, 0) is 16.0 Å². The average molecular weight is 465 g/mol. The molecule has 0 N–H and O–H groups in total. The van der Waals surface area contributed by atoms with E-state index in [1.54, 1.807) is 24.0 Å². The van der Waals surface area contributed by atoms with E-state index in [1.165, 1.54) is 6.07 Å². The molecular formula is C27H33FN4O2. The number of nitrogens with zero attached hydrogens (tertiary/aromatic N) is 4. The maximum absolute atomic E-state index is 14.5. The average Bonchev–Trinajstić information content (AvgIpc) is 3.15. The van der Waals surface area contributed by atoms with Gasteiger partial charge in [0.25, 0.3) is 0 Å². The molecule has 1 aliphatic heterocycles. The first kappa shape index (κ1) is 23.9. The van der Waals surface area contributed by atoms with Crippen molar-refractivity contribution in [2.24, 2.45) is 0 Å². The van der Waals surface area contributed by atoms with Gasteiger partial charge in [0.2, 0.25) is 11.8 Å². The number of amides is 2. The van der Waals surface area contributed by atoms with Crippen LogP contribution < -0.4 is 0 Å². The Morgan fingerprint density at radius 2 is 1.68 bits per heavy atom. The molecule has 2 aromatic carbocycles. The molecule has 1 saturated heterocycles. The molecule has 1 fully saturated rings. The number of carbonyl (C=O) groups is 2. The highest BCUT2D eigenvalue weighted by molar-refractivity contribution is 5.85. The molecule has 1 atom stereocenters. The summed E-state index contributed by atoms with van der Waals surface area (Å²) in [5.41, 5.74) is 4.55. The molecule has 1 aliphatic rings. The lowest BCUT2D eigenvalue weighted by molar-refractivity contribution is -0.140. The highest BCUT2D eigenvalue weighted by Crippen LogP contribution is 2.30. The third-order valence-electron chi connectivity index (χ3n) is 6.88. The number of benzene rings is 2. The third-order valence-corrected chi connectivity index (χ3v) is 6.88. The normalized spacial score (nSPS) is 15.1. The van der Waals surface area contributed by atoms with Gasteiger partial charge in [0.15, 0.2) is 0 Å². The molecule has 0 bridgehead atoms. The van der Waals surface area contributed by atoms with Crippen molar-refractivity contribution >= 4 is 22.8 Å². The van der Waals surface area contributed by atoms with Gasteiger partial charge in [-0.1, -0.05) is 31.5 Å². The van der Waals surface area contributed by atoms with Gasteiger partial charge in [-0.3, -0.25) is 9.59 Å². The van der Waals surface area contributed by atoms with Crippen molar-refractivity contribution in [3.63, 3.8) is 0 Å². The van der Waals surface area contributed by atoms with Crippen molar-refractivity contribution in [1.29, 1.82) is 0 Å². The largest absolute Gasteiger partial charge is 0.339 e. The molecule has 180 valence electrons. The van der Waals surface area contributed by atoms with E-state index in [0.717, 1.165) is 28.6 Å². The van der Waals surface area contributed by atoms with Crippen LogP contribution in [0.15, 0.2) is 36.4 Å². The summed E-state index contributed by atoms with van der Waals surface area (Å²) in [6.07, 6.45) is 1.80. The number of aryl methyl sites for hydroxylation is 2. The van der Waals surface area contributed by atoms with Gasteiger partial charge in [0, 0.05) is 39.5 Å². The summed E-state index contributed by atoms with van der Waals surface area (Å²) in [5.74, 6) is 0.500. The summed E-state index contributed by atoms with van der Waals surface area (Å²) in [6, 6.07) is 10.4. The minimum absolute atomic E-state index is 0.0378. The maximum atomic E-state index is 14.5. The van der Waals surface area contributed by atoms with Crippen molar-refractivity contribution in [3.8, 4) is 0 Å². The predicted octanol–water partition coefficient (Wildman–Crippen LogP) is 4.41. The molecule has 1 unspecified atom stereocenters. The van der Waals surface area contributed by atoms with Crippen LogP contribution in [0.25, 0.3) is 11.0 Å². The molecular weight excluding hydrogens is 431 g/mol. The van der Waals surface area contributed by atoms with Crippen LogP contribution in [0.5, 0.6) is 0 Å². The van der Waals surface area contributed by atoms with E-state index < -0.39 is 6.04 Å². The Balaban J connectivity index is 1.77. The lowest BCUT2D eigenvalue weighted by Gasteiger charge is -2.36. The van der Waals surface area contributed by atoms with Crippen LogP contribution in [0.1, 0.15) is 55.2 Å². The zero-order valence-corrected chi connectivity index (χ0v) is 20.5. The van der Waals surface area contributed by atoms with E-state index in [-0.39, 0.29) is 17.6 Å². The Kier molecular flexibility index (Phi) is 7.00. The van der Waals surface area contributed by atoms with E-state index in [9.17, 15) is 14.0 Å². The number of aromatic nitrogens is 2. The number of rotatable bonds is 6. The minimum atomic E-state index is -0.428. The first-order valence-corrected chi connectivity index (χ1v) is 12.1. The second-order valence-electron chi connectivity index (χ2n) is 9.23. The number of piperazine rings is 1. The van der Waals surface area contributed by atoms with Gasteiger partial charge in [-0.2, -0.15) is 0 Å². The molecule has 0 saturated carbocycles. The Hall–Kier alpha value is -3.22. The van der Waals surface area contributed by atoms with Crippen molar-refractivity contribution in [2.45, 2.75) is 53.0 Å². The van der Waals surface area contributed by atoms with E-state index in [1.807, 2.05) is 28.5 Å². The van der Waals surface area contributed by atoms with Crippen LogP contribution in [0.3, 0.4) is 0 Å². The summed E-state index contributed by atoms with van der Waals surface area (Å²) in [7, 11) is 0. The zero-order valence-electron chi connectivity index (χ0n) is 20.5. The summed E-state index contributed by atoms with van der Waals surface area (Å²) < 4.78 is 16.6. The van der Waals surface area contributed by atoms with Gasteiger partial charge >= 0.3 is 0 Å². The molecule has 2 heterocycles. The lowest BCUT2D eigenvalue weighted by atomic mass is 10.1. The SMILES string of the molecule is CCCC(C(=O)N1CCN(C(C)=O)CC1)n1c(Cc2ccccc2F)nc2cc(C)c(C)cc21. The Bertz CT molecular complexity index is 1210. The van der Waals surface area contributed by atoms with Gasteiger partial charge in [0.1, 0.15) is 17.7 Å². The summed E-state index contributed by atoms with van der Waals surface area (Å²) in [5, 5.41) is 0. The molecule has 0 aliphatic carbocycles. The number of fused-ring (bicyclic) bond motifs is 1. The number of halogens is 1. The summed E-state index contributed by atoms with van der Waals surface area (Å²) in [6.45, 7) is 9.87. The molecule has 1 aromatic heterocycles. The van der Waals surface area contributed by atoms with Crippen LogP contribution in [-0.4, -0.2) is 57.3 Å². The molecule has 4 rings (SSSR count). The predicted molar refractivity (Wildman–Crippen MR) is 131 cm³/mol. The van der Waals surface area contributed by atoms with Crippen molar-refractivity contribution < 1.29 is 14.0 Å². The number of hydrogen-bond donors (Lipinski definition) is 0. The second kappa shape index (κ2) is 9.95. The van der Waals surface area contributed by atoms with Gasteiger partial charge in [-0.15, -0.1) is 0 Å². The van der Waals surface area contributed by atoms with Crippen LogP contribution in [0.2, 0.25) is 0 Å².